The predicted octanol–water partition coefficient (Wildman–Crippen LogP) is 1.47. The van der Waals surface area contributed by atoms with Crippen LogP contribution in [0.15, 0.2) is 28.8 Å². The number of carbonyl (C=O) groups excluding carboxylic acids is 2. The van der Waals surface area contributed by atoms with Crippen LogP contribution in [-0.2, 0) is 11.3 Å². The number of amides is 2. The highest BCUT2D eigenvalue weighted by molar-refractivity contribution is 6.30. The fraction of sp³-hybridized carbons (Fsp3) is 0.286. The van der Waals surface area contributed by atoms with Crippen molar-refractivity contribution >= 4 is 23.4 Å². The number of hydrogen-bond acceptors (Lipinski definition) is 5. The molecule has 1 atom stereocenters. The van der Waals surface area contributed by atoms with Crippen molar-refractivity contribution in [2.75, 3.05) is 0 Å². The zero-order valence-corrected chi connectivity index (χ0v) is 12.8. The molecule has 0 saturated carbocycles. The molecule has 0 spiro atoms. The molecule has 0 bridgehead atoms. The molecule has 1 aromatic carbocycles. The third kappa shape index (κ3) is 4.29. The molecule has 0 aliphatic heterocycles. The van der Waals surface area contributed by atoms with Gasteiger partial charge in [-0.1, -0.05) is 16.8 Å². The van der Waals surface area contributed by atoms with Crippen molar-refractivity contribution in [2.24, 2.45) is 0 Å². The van der Waals surface area contributed by atoms with E-state index in [0.29, 0.717) is 22.3 Å². The molecule has 2 N–H and O–H groups in total. The normalized spacial score (nSPS) is 11.8. The van der Waals surface area contributed by atoms with Gasteiger partial charge in [0.2, 0.25) is 11.8 Å². The van der Waals surface area contributed by atoms with E-state index in [1.165, 1.54) is 0 Å². The Morgan fingerprint density at radius 3 is 2.59 bits per heavy atom. The number of halogens is 1. The monoisotopic (exact) mass is 322 g/mol. The molecule has 7 nitrogen and oxygen atoms in total. The van der Waals surface area contributed by atoms with Crippen molar-refractivity contribution in [2.45, 2.75) is 26.4 Å². The lowest BCUT2D eigenvalue weighted by Gasteiger charge is -2.13. The standard InChI is InChI=1S/C14H15ClN4O3/c1-8(13(20)16-7-12-18-9(2)22-19-12)17-14(21)10-3-5-11(15)6-4-10/h3-6,8H,7H2,1-2H3,(H,16,20)(H,17,21). The lowest BCUT2D eigenvalue weighted by Crippen LogP contribution is -2.44. The van der Waals surface area contributed by atoms with E-state index in [1.54, 1.807) is 38.1 Å². The van der Waals surface area contributed by atoms with Gasteiger partial charge in [0.05, 0.1) is 6.54 Å². The summed E-state index contributed by atoms with van der Waals surface area (Å²) in [6.45, 7) is 3.38. The molecule has 0 aliphatic rings. The molecule has 0 aliphatic carbocycles. The number of hydrogen-bond donors (Lipinski definition) is 2. The van der Waals surface area contributed by atoms with E-state index in [1.807, 2.05) is 0 Å². The van der Waals surface area contributed by atoms with Gasteiger partial charge in [0.25, 0.3) is 5.91 Å². The molecule has 1 unspecified atom stereocenters. The molecular weight excluding hydrogens is 308 g/mol. The number of aromatic nitrogens is 2. The number of rotatable bonds is 5. The number of nitrogens with zero attached hydrogens (tertiary/aromatic N) is 2. The van der Waals surface area contributed by atoms with Gasteiger partial charge in [-0.3, -0.25) is 9.59 Å². The van der Waals surface area contributed by atoms with Gasteiger partial charge in [0, 0.05) is 17.5 Å². The van der Waals surface area contributed by atoms with Crippen LogP contribution in [0.2, 0.25) is 5.02 Å². The van der Waals surface area contributed by atoms with Crippen molar-refractivity contribution in [3.63, 3.8) is 0 Å². The summed E-state index contributed by atoms with van der Waals surface area (Å²) in [7, 11) is 0. The van der Waals surface area contributed by atoms with Crippen LogP contribution in [0.25, 0.3) is 0 Å². The molecule has 2 rings (SSSR count). The Labute approximate surface area is 132 Å². The lowest BCUT2D eigenvalue weighted by molar-refractivity contribution is -0.122. The van der Waals surface area contributed by atoms with Gasteiger partial charge in [-0.2, -0.15) is 4.98 Å². The maximum absolute atomic E-state index is 12.0. The van der Waals surface area contributed by atoms with E-state index >= 15 is 0 Å². The van der Waals surface area contributed by atoms with Crippen molar-refractivity contribution < 1.29 is 14.1 Å². The van der Waals surface area contributed by atoms with Crippen LogP contribution in [0, 0.1) is 6.92 Å². The molecule has 22 heavy (non-hydrogen) atoms. The third-order valence-electron chi connectivity index (χ3n) is 2.84. The molecule has 1 aromatic heterocycles. The fourth-order valence-electron chi connectivity index (χ4n) is 1.68. The van der Waals surface area contributed by atoms with Crippen molar-refractivity contribution in [1.82, 2.24) is 20.8 Å². The van der Waals surface area contributed by atoms with Gasteiger partial charge < -0.3 is 15.2 Å². The average Bonchev–Trinajstić information content (AvgIpc) is 2.91. The summed E-state index contributed by atoms with van der Waals surface area (Å²) in [6.07, 6.45) is 0. The zero-order chi connectivity index (χ0) is 16.1. The quantitative estimate of drug-likeness (QED) is 0.868. The summed E-state index contributed by atoms with van der Waals surface area (Å²) < 4.78 is 4.80. The van der Waals surface area contributed by atoms with Crippen LogP contribution in [0.4, 0.5) is 0 Å². The summed E-state index contributed by atoms with van der Waals surface area (Å²) in [5.74, 6) is 0.106. The topological polar surface area (TPSA) is 97.1 Å². The first kappa shape index (κ1) is 16.0. The molecule has 0 radical (unpaired) electrons. The van der Waals surface area contributed by atoms with Crippen molar-refractivity contribution in [3.05, 3.63) is 46.6 Å². The highest BCUT2D eigenvalue weighted by Gasteiger charge is 2.17. The average molecular weight is 323 g/mol. The maximum atomic E-state index is 12.0. The smallest absolute Gasteiger partial charge is 0.251 e. The first-order chi connectivity index (χ1) is 10.5. The Bertz CT molecular complexity index is 669. The Kier molecular flexibility index (Phi) is 5.11. The van der Waals surface area contributed by atoms with E-state index in [4.69, 9.17) is 16.1 Å². The van der Waals surface area contributed by atoms with Crippen LogP contribution in [-0.4, -0.2) is 28.0 Å². The molecule has 8 heteroatoms. The summed E-state index contributed by atoms with van der Waals surface area (Å²) >= 11 is 5.76. The Morgan fingerprint density at radius 2 is 2.00 bits per heavy atom. The van der Waals surface area contributed by atoms with Gasteiger partial charge in [-0.05, 0) is 31.2 Å². The van der Waals surface area contributed by atoms with E-state index in [9.17, 15) is 9.59 Å². The molecular formula is C14H15ClN4O3. The molecule has 2 amide bonds. The first-order valence-electron chi connectivity index (χ1n) is 6.59. The van der Waals surface area contributed by atoms with Gasteiger partial charge in [0.15, 0.2) is 5.82 Å². The molecule has 2 aromatic rings. The van der Waals surface area contributed by atoms with Gasteiger partial charge in [0.1, 0.15) is 6.04 Å². The fourth-order valence-corrected chi connectivity index (χ4v) is 1.81. The maximum Gasteiger partial charge on any atom is 0.251 e. The second-order valence-electron chi connectivity index (χ2n) is 4.65. The van der Waals surface area contributed by atoms with Gasteiger partial charge >= 0.3 is 0 Å². The second kappa shape index (κ2) is 7.04. The van der Waals surface area contributed by atoms with Gasteiger partial charge in [-0.15, -0.1) is 0 Å². The van der Waals surface area contributed by atoms with Gasteiger partial charge in [-0.25, -0.2) is 0 Å². The highest BCUT2D eigenvalue weighted by Crippen LogP contribution is 2.09. The van der Waals surface area contributed by atoms with Crippen LogP contribution in [0.3, 0.4) is 0 Å². The number of benzene rings is 1. The molecule has 1 heterocycles. The number of aryl methyl sites for hydroxylation is 1. The van der Waals surface area contributed by atoms with Crippen LogP contribution < -0.4 is 10.6 Å². The Morgan fingerprint density at radius 1 is 1.32 bits per heavy atom. The zero-order valence-electron chi connectivity index (χ0n) is 12.1. The number of carbonyl (C=O) groups is 2. The van der Waals surface area contributed by atoms with Crippen molar-refractivity contribution in [3.8, 4) is 0 Å². The van der Waals surface area contributed by atoms with E-state index in [-0.39, 0.29) is 18.4 Å². The summed E-state index contributed by atoms with van der Waals surface area (Å²) in [5.41, 5.74) is 0.429. The molecule has 0 fully saturated rings. The van der Waals surface area contributed by atoms with E-state index in [2.05, 4.69) is 20.8 Å². The highest BCUT2D eigenvalue weighted by atomic mass is 35.5. The third-order valence-corrected chi connectivity index (χ3v) is 3.09. The SMILES string of the molecule is Cc1nc(CNC(=O)C(C)NC(=O)c2ccc(Cl)cc2)no1. The largest absolute Gasteiger partial charge is 0.347 e. The molecule has 0 saturated heterocycles. The van der Waals surface area contributed by atoms with E-state index in [0.717, 1.165) is 0 Å². The van der Waals surface area contributed by atoms with Crippen LogP contribution in [0.1, 0.15) is 29.0 Å². The minimum Gasteiger partial charge on any atom is -0.347 e. The minimum absolute atomic E-state index is 0.136. The Hall–Kier alpha value is -2.41. The Balaban J connectivity index is 1.85. The first-order valence-corrected chi connectivity index (χ1v) is 6.97. The summed E-state index contributed by atoms with van der Waals surface area (Å²) in [4.78, 5) is 27.9. The van der Waals surface area contributed by atoms with Crippen LogP contribution >= 0.6 is 11.6 Å². The minimum atomic E-state index is -0.698. The van der Waals surface area contributed by atoms with Crippen LogP contribution in [0.5, 0.6) is 0 Å². The second-order valence-corrected chi connectivity index (χ2v) is 5.09. The lowest BCUT2D eigenvalue weighted by atomic mass is 10.2. The number of nitrogens with one attached hydrogen (secondary N) is 2. The van der Waals surface area contributed by atoms with E-state index < -0.39 is 6.04 Å². The summed E-state index contributed by atoms with van der Waals surface area (Å²) in [6, 6.07) is 5.70. The molecule has 116 valence electrons. The van der Waals surface area contributed by atoms with Crippen molar-refractivity contribution in [1.29, 1.82) is 0 Å². The summed E-state index contributed by atoms with van der Waals surface area (Å²) in [5, 5.41) is 9.42. The predicted molar refractivity (Wildman–Crippen MR) is 79.3 cm³/mol.